The molecule has 0 aliphatic carbocycles. The Morgan fingerprint density at radius 2 is 1.59 bits per heavy atom. The number of benzene rings is 3. The van der Waals surface area contributed by atoms with E-state index in [4.69, 9.17) is 4.74 Å². The van der Waals surface area contributed by atoms with Crippen LogP contribution in [0.15, 0.2) is 66.7 Å². The predicted molar refractivity (Wildman–Crippen MR) is 108 cm³/mol. The number of rotatable bonds is 4. The monoisotopic (exact) mass is 360 g/mol. The minimum atomic E-state index is 0.0995. The van der Waals surface area contributed by atoms with Crippen molar-refractivity contribution in [3.8, 4) is 5.75 Å². The zero-order chi connectivity index (χ0) is 18.6. The Kier molecular flexibility index (Phi) is 5.07. The van der Waals surface area contributed by atoms with Crippen LogP contribution in [-0.4, -0.2) is 49.0 Å². The highest BCUT2D eigenvalue weighted by atomic mass is 16.5. The van der Waals surface area contributed by atoms with E-state index in [-0.39, 0.29) is 5.91 Å². The molecule has 1 amide bonds. The van der Waals surface area contributed by atoms with Crippen molar-refractivity contribution in [2.24, 2.45) is 0 Å². The summed E-state index contributed by atoms with van der Waals surface area (Å²) in [6.07, 6.45) is 0. The number of methoxy groups -OCH3 is 1. The molecule has 0 atom stereocenters. The first kappa shape index (κ1) is 17.6. The van der Waals surface area contributed by atoms with Gasteiger partial charge in [-0.25, -0.2) is 0 Å². The molecule has 0 bridgehead atoms. The fourth-order valence-corrected chi connectivity index (χ4v) is 3.70. The van der Waals surface area contributed by atoms with E-state index >= 15 is 0 Å². The topological polar surface area (TPSA) is 32.8 Å². The summed E-state index contributed by atoms with van der Waals surface area (Å²) in [5.41, 5.74) is 2.07. The molecule has 4 heteroatoms. The molecule has 1 aliphatic rings. The lowest BCUT2D eigenvalue weighted by molar-refractivity contribution is 0.0629. The van der Waals surface area contributed by atoms with Crippen molar-refractivity contribution in [3.63, 3.8) is 0 Å². The summed E-state index contributed by atoms with van der Waals surface area (Å²) in [7, 11) is 1.63. The second-order valence-electron chi connectivity index (χ2n) is 6.94. The van der Waals surface area contributed by atoms with Gasteiger partial charge in [0.15, 0.2) is 0 Å². The maximum Gasteiger partial charge on any atom is 0.253 e. The van der Waals surface area contributed by atoms with E-state index in [0.717, 1.165) is 44.0 Å². The average Bonchev–Trinajstić information content (AvgIpc) is 2.74. The molecule has 0 unspecified atom stereocenters. The summed E-state index contributed by atoms with van der Waals surface area (Å²) >= 11 is 0. The smallest absolute Gasteiger partial charge is 0.253 e. The fourth-order valence-electron chi connectivity index (χ4n) is 3.70. The summed E-state index contributed by atoms with van der Waals surface area (Å²) in [6, 6.07) is 22.4. The van der Waals surface area contributed by atoms with Crippen LogP contribution in [0.5, 0.6) is 5.75 Å². The van der Waals surface area contributed by atoms with Gasteiger partial charge < -0.3 is 9.64 Å². The Balaban J connectivity index is 1.39. The standard InChI is InChI=1S/C23H24N2O2/c1-27-21-11-9-19(10-12-21)23(26)25-15-13-24(14-16-25)17-20-7-4-6-18-5-2-3-8-22(18)20/h2-12H,13-17H2,1H3. The Bertz CT molecular complexity index is 923. The van der Waals surface area contributed by atoms with Gasteiger partial charge in [0.1, 0.15) is 5.75 Å². The lowest BCUT2D eigenvalue weighted by atomic mass is 10.0. The number of fused-ring (bicyclic) bond motifs is 1. The van der Waals surface area contributed by atoms with Crippen LogP contribution in [0.4, 0.5) is 0 Å². The first-order valence-electron chi connectivity index (χ1n) is 9.37. The molecule has 3 aromatic rings. The van der Waals surface area contributed by atoms with Gasteiger partial charge in [0.25, 0.3) is 5.91 Å². The summed E-state index contributed by atoms with van der Waals surface area (Å²) in [5, 5.41) is 2.60. The van der Waals surface area contributed by atoms with Gasteiger partial charge in [-0.05, 0) is 40.6 Å². The zero-order valence-electron chi connectivity index (χ0n) is 15.6. The number of amides is 1. The van der Waals surface area contributed by atoms with E-state index in [1.807, 2.05) is 29.2 Å². The number of ether oxygens (including phenoxy) is 1. The second kappa shape index (κ2) is 7.80. The molecule has 0 radical (unpaired) electrons. The summed E-state index contributed by atoms with van der Waals surface area (Å²) in [5.74, 6) is 0.869. The van der Waals surface area contributed by atoms with Gasteiger partial charge in [-0.2, -0.15) is 0 Å². The van der Waals surface area contributed by atoms with Crippen LogP contribution in [0.1, 0.15) is 15.9 Å². The predicted octanol–water partition coefficient (Wildman–Crippen LogP) is 3.81. The highest BCUT2D eigenvalue weighted by molar-refractivity contribution is 5.94. The Hall–Kier alpha value is -2.85. The normalized spacial score (nSPS) is 15.1. The molecule has 3 aromatic carbocycles. The van der Waals surface area contributed by atoms with Crippen LogP contribution in [0.25, 0.3) is 10.8 Å². The van der Waals surface area contributed by atoms with Gasteiger partial charge >= 0.3 is 0 Å². The number of hydrogen-bond donors (Lipinski definition) is 0. The largest absolute Gasteiger partial charge is 0.497 e. The maximum absolute atomic E-state index is 12.7. The number of nitrogens with zero attached hydrogens (tertiary/aromatic N) is 2. The van der Waals surface area contributed by atoms with Gasteiger partial charge in [-0.15, -0.1) is 0 Å². The quantitative estimate of drug-likeness (QED) is 0.709. The van der Waals surface area contributed by atoms with Gasteiger partial charge in [-0.1, -0.05) is 42.5 Å². The summed E-state index contributed by atoms with van der Waals surface area (Å²) < 4.78 is 5.16. The van der Waals surface area contributed by atoms with E-state index in [0.29, 0.717) is 0 Å². The molecular weight excluding hydrogens is 336 g/mol. The van der Waals surface area contributed by atoms with Crippen molar-refractivity contribution >= 4 is 16.7 Å². The minimum Gasteiger partial charge on any atom is -0.497 e. The molecule has 1 saturated heterocycles. The zero-order valence-corrected chi connectivity index (χ0v) is 15.6. The lowest BCUT2D eigenvalue weighted by Crippen LogP contribution is -2.48. The number of hydrogen-bond acceptors (Lipinski definition) is 3. The first-order chi connectivity index (χ1) is 13.2. The molecule has 4 rings (SSSR count). The molecule has 1 fully saturated rings. The van der Waals surface area contributed by atoms with Crippen molar-refractivity contribution in [2.45, 2.75) is 6.54 Å². The maximum atomic E-state index is 12.7. The first-order valence-corrected chi connectivity index (χ1v) is 9.37. The van der Waals surface area contributed by atoms with E-state index in [1.54, 1.807) is 7.11 Å². The third-order valence-corrected chi connectivity index (χ3v) is 5.27. The minimum absolute atomic E-state index is 0.0995. The SMILES string of the molecule is COc1ccc(C(=O)N2CCN(Cc3cccc4ccccc34)CC2)cc1. The molecule has 0 aromatic heterocycles. The van der Waals surface area contributed by atoms with Gasteiger partial charge in [0, 0.05) is 38.3 Å². The van der Waals surface area contributed by atoms with E-state index < -0.39 is 0 Å². The number of carbonyl (C=O) groups is 1. The molecule has 138 valence electrons. The van der Waals surface area contributed by atoms with Gasteiger partial charge in [0.05, 0.1) is 7.11 Å². The third kappa shape index (κ3) is 3.81. The molecule has 0 spiro atoms. The Morgan fingerprint density at radius 3 is 2.33 bits per heavy atom. The average molecular weight is 360 g/mol. The van der Waals surface area contributed by atoms with Crippen molar-refractivity contribution in [3.05, 3.63) is 77.9 Å². The van der Waals surface area contributed by atoms with Crippen molar-refractivity contribution in [1.82, 2.24) is 9.80 Å². The van der Waals surface area contributed by atoms with Crippen LogP contribution >= 0.6 is 0 Å². The third-order valence-electron chi connectivity index (χ3n) is 5.27. The van der Waals surface area contributed by atoms with Crippen LogP contribution in [-0.2, 0) is 6.54 Å². The van der Waals surface area contributed by atoms with Gasteiger partial charge in [0.2, 0.25) is 0 Å². The highest BCUT2D eigenvalue weighted by Gasteiger charge is 2.22. The van der Waals surface area contributed by atoms with E-state index in [1.165, 1.54) is 16.3 Å². The number of carbonyl (C=O) groups excluding carboxylic acids is 1. The van der Waals surface area contributed by atoms with Crippen LogP contribution in [0.3, 0.4) is 0 Å². The second-order valence-corrected chi connectivity index (χ2v) is 6.94. The molecule has 0 saturated carbocycles. The Labute approximate surface area is 160 Å². The summed E-state index contributed by atoms with van der Waals surface area (Å²) in [4.78, 5) is 17.1. The fraction of sp³-hybridized carbons (Fsp3) is 0.261. The van der Waals surface area contributed by atoms with E-state index in [2.05, 4.69) is 47.4 Å². The highest BCUT2D eigenvalue weighted by Crippen LogP contribution is 2.21. The summed E-state index contributed by atoms with van der Waals surface area (Å²) in [6.45, 7) is 4.23. The van der Waals surface area contributed by atoms with Crippen molar-refractivity contribution in [1.29, 1.82) is 0 Å². The van der Waals surface area contributed by atoms with E-state index in [9.17, 15) is 4.79 Å². The lowest BCUT2D eigenvalue weighted by Gasteiger charge is -2.35. The van der Waals surface area contributed by atoms with Crippen LogP contribution in [0, 0.1) is 0 Å². The molecule has 0 N–H and O–H groups in total. The van der Waals surface area contributed by atoms with Crippen LogP contribution < -0.4 is 4.74 Å². The molecule has 1 heterocycles. The molecular formula is C23H24N2O2. The Morgan fingerprint density at radius 1 is 0.889 bits per heavy atom. The van der Waals surface area contributed by atoms with Crippen molar-refractivity contribution < 1.29 is 9.53 Å². The number of piperazine rings is 1. The van der Waals surface area contributed by atoms with Crippen molar-refractivity contribution in [2.75, 3.05) is 33.3 Å². The molecule has 27 heavy (non-hydrogen) atoms. The molecule has 1 aliphatic heterocycles. The van der Waals surface area contributed by atoms with Crippen LogP contribution in [0.2, 0.25) is 0 Å². The molecule has 4 nitrogen and oxygen atoms in total. The van der Waals surface area contributed by atoms with Gasteiger partial charge in [-0.3, -0.25) is 9.69 Å².